The fourth-order valence-corrected chi connectivity index (χ4v) is 3.65. The Morgan fingerprint density at radius 2 is 1.94 bits per heavy atom. The Labute approximate surface area is 209 Å². The van der Waals surface area contributed by atoms with Gasteiger partial charge in [0.05, 0.1) is 17.2 Å². The average molecular weight is 543 g/mol. The molecule has 0 aliphatic heterocycles. The Hall–Kier alpha value is -3.80. The van der Waals surface area contributed by atoms with Crippen LogP contribution in [0.1, 0.15) is 32.0 Å². The van der Waals surface area contributed by atoms with E-state index in [0.717, 1.165) is 11.3 Å². The molecule has 35 heavy (non-hydrogen) atoms. The van der Waals surface area contributed by atoms with Crippen LogP contribution in [0.5, 0.6) is 0 Å². The minimum atomic E-state index is -0.415. The summed E-state index contributed by atoms with van der Waals surface area (Å²) in [5.74, 6) is -0.166. The summed E-state index contributed by atoms with van der Waals surface area (Å²) in [5.41, 5.74) is 3.74. The van der Waals surface area contributed by atoms with Gasteiger partial charge in [0.1, 0.15) is 11.5 Å². The molecular formula is C23H24BrFN8O2. The first-order chi connectivity index (χ1) is 16.7. The van der Waals surface area contributed by atoms with Crippen LogP contribution in [0.3, 0.4) is 0 Å². The molecule has 0 aliphatic rings. The Morgan fingerprint density at radius 1 is 1.17 bits per heavy atom. The Balaban J connectivity index is 1.37. The van der Waals surface area contributed by atoms with Crippen molar-refractivity contribution in [2.24, 2.45) is 5.16 Å². The second-order valence-electron chi connectivity index (χ2n) is 8.78. The highest BCUT2D eigenvalue weighted by Crippen LogP contribution is 2.25. The number of nitrogens with one attached hydrogen (secondary N) is 2. The number of oxime groups is 1. The quantitative estimate of drug-likeness (QED) is 0.130. The highest BCUT2D eigenvalue weighted by molar-refractivity contribution is 9.10. The maximum absolute atomic E-state index is 13.5. The Morgan fingerprint density at radius 3 is 2.63 bits per heavy atom. The minimum absolute atomic E-state index is 0.0194. The number of halogens is 2. The maximum Gasteiger partial charge on any atom is 0.203 e. The van der Waals surface area contributed by atoms with Gasteiger partial charge in [0, 0.05) is 17.8 Å². The van der Waals surface area contributed by atoms with Gasteiger partial charge in [-0.2, -0.15) is 0 Å². The molecule has 0 bridgehead atoms. The maximum atomic E-state index is 13.5. The van der Waals surface area contributed by atoms with E-state index in [1.54, 1.807) is 4.68 Å². The first kappa shape index (κ1) is 24.3. The van der Waals surface area contributed by atoms with E-state index in [9.17, 15) is 9.60 Å². The highest BCUT2D eigenvalue weighted by atomic mass is 79.9. The van der Waals surface area contributed by atoms with Gasteiger partial charge in [-0.1, -0.05) is 55.4 Å². The SMILES string of the molecule is CC(C)(C)c1ccc(-c2cn(CCNc3nonc3C(=NO)Nc3ccc(F)c(Br)c3)nn2)cc1. The van der Waals surface area contributed by atoms with Crippen LogP contribution in [0.15, 0.2) is 62.9 Å². The van der Waals surface area contributed by atoms with E-state index < -0.39 is 5.82 Å². The zero-order valence-corrected chi connectivity index (χ0v) is 20.9. The van der Waals surface area contributed by atoms with Crippen LogP contribution < -0.4 is 10.6 Å². The van der Waals surface area contributed by atoms with Crippen molar-refractivity contribution in [3.63, 3.8) is 0 Å². The van der Waals surface area contributed by atoms with Crippen molar-refractivity contribution >= 4 is 33.3 Å². The number of hydrogen-bond donors (Lipinski definition) is 3. The molecule has 4 rings (SSSR count). The van der Waals surface area contributed by atoms with Crippen molar-refractivity contribution in [1.82, 2.24) is 25.3 Å². The van der Waals surface area contributed by atoms with Crippen LogP contribution in [-0.2, 0) is 12.0 Å². The topological polar surface area (TPSA) is 126 Å². The third-order valence-electron chi connectivity index (χ3n) is 5.21. The molecule has 0 atom stereocenters. The fraction of sp³-hybridized carbons (Fsp3) is 0.261. The van der Waals surface area contributed by atoms with Gasteiger partial charge in [-0.05, 0) is 55.4 Å². The predicted molar refractivity (Wildman–Crippen MR) is 133 cm³/mol. The van der Waals surface area contributed by atoms with Crippen LogP contribution in [0.2, 0.25) is 0 Å². The van der Waals surface area contributed by atoms with Crippen LogP contribution in [0.4, 0.5) is 15.9 Å². The number of benzene rings is 2. The largest absolute Gasteiger partial charge is 0.409 e. The molecule has 2 aromatic heterocycles. The van der Waals surface area contributed by atoms with E-state index in [1.807, 2.05) is 18.3 Å². The summed E-state index contributed by atoms with van der Waals surface area (Å²) in [7, 11) is 0. The molecule has 0 aliphatic carbocycles. The number of aromatic nitrogens is 5. The van der Waals surface area contributed by atoms with E-state index in [0.29, 0.717) is 18.8 Å². The Bertz CT molecular complexity index is 1330. The molecule has 3 N–H and O–H groups in total. The summed E-state index contributed by atoms with van der Waals surface area (Å²) in [6, 6.07) is 12.6. The van der Waals surface area contributed by atoms with Crippen molar-refractivity contribution in [3.8, 4) is 11.3 Å². The van der Waals surface area contributed by atoms with Gasteiger partial charge in [-0.25, -0.2) is 9.02 Å². The summed E-state index contributed by atoms with van der Waals surface area (Å²) in [6.07, 6.45) is 1.87. The summed E-state index contributed by atoms with van der Waals surface area (Å²) < 4.78 is 20.3. The normalized spacial score (nSPS) is 12.1. The van der Waals surface area contributed by atoms with Gasteiger partial charge >= 0.3 is 0 Å². The molecule has 0 spiro atoms. The van der Waals surface area contributed by atoms with E-state index in [1.165, 1.54) is 23.8 Å². The second kappa shape index (κ2) is 10.2. The van der Waals surface area contributed by atoms with Gasteiger partial charge in [0.25, 0.3) is 0 Å². The molecule has 12 heteroatoms. The van der Waals surface area contributed by atoms with Crippen molar-refractivity contribution in [3.05, 3.63) is 70.2 Å². The summed E-state index contributed by atoms with van der Waals surface area (Å²) in [5, 5.41) is 34.7. The molecule has 0 radical (unpaired) electrons. The van der Waals surface area contributed by atoms with Crippen LogP contribution in [-0.4, -0.2) is 42.9 Å². The van der Waals surface area contributed by atoms with E-state index >= 15 is 0 Å². The van der Waals surface area contributed by atoms with Crippen molar-refractivity contribution < 1.29 is 14.2 Å². The van der Waals surface area contributed by atoms with Gasteiger partial charge in [0.15, 0.2) is 5.69 Å². The zero-order chi connectivity index (χ0) is 25.0. The number of nitrogens with zero attached hydrogens (tertiary/aromatic N) is 6. The van der Waals surface area contributed by atoms with Crippen molar-refractivity contribution in [2.45, 2.75) is 32.7 Å². The van der Waals surface area contributed by atoms with E-state index in [2.05, 4.69) is 85.2 Å². The molecule has 182 valence electrons. The predicted octanol–water partition coefficient (Wildman–Crippen LogP) is 4.89. The molecule has 0 saturated carbocycles. The first-order valence-corrected chi connectivity index (χ1v) is 11.6. The number of amidine groups is 1. The van der Waals surface area contributed by atoms with E-state index in [4.69, 9.17) is 4.63 Å². The molecule has 0 fully saturated rings. The lowest BCUT2D eigenvalue weighted by atomic mass is 9.86. The monoisotopic (exact) mass is 542 g/mol. The molecule has 0 saturated heterocycles. The lowest BCUT2D eigenvalue weighted by molar-refractivity contribution is 0.305. The lowest BCUT2D eigenvalue weighted by Crippen LogP contribution is -2.18. The van der Waals surface area contributed by atoms with Crippen LogP contribution in [0, 0.1) is 5.82 Å². The number of anilines is 2. The van der Waals surface area contributed by atoms with E-state index in [-0.39, 0.29) is 27.2 Å². The highest BCUT2D eigenvalue weighted by Gasteiger charge is 2.18. The smallest absolute Gasteiger partial charge is 0.203 e. The average Bonchev–Trinajstić information content (AvgIpc) is 3.49. The third kappa shape index (κ3) is 5.83. The van der Waals surface area contributed by atoms with Crippen molar-refractivity contribution in [2.75, 3.05) is 17.2 Å². The van der Waals surface area contributed by atoms with Crippen LogP contribution >= 0.6 is 15.9 Å². The fourth-order valence-electron chi connectivity index (χ4n) is 3.27. The van der Waals surface area contributed by atoms with Gasteiger partial charge in [-0.15, -0.1) is 5.10 Å². The van der Waals surface area contributed by atoms with Gasteiger partial charge in [0.2, 0.25) is 11.7 Å². The third-order valence-corrected chi connectivity index (χ3v) is 5.82. The Kier molecular flexibility index (Phi) is 7.10. The first-order valence-electron chi connectivity index (χ1n) is 10.8. The van der Waals surface area contributed by atoms with Crippen LogP contribution in [0.25, 0.3) is 11.3 Å². The molecule has 2 heterocycles. The van der Waals surface area contributed by atoms with Crippen molar-refractivity contribution in [1.29, 1.82) is 0 Å². The standard InChI is InChI=1S/C23H24BrFN8O2/c1-23(2,3)15-6-4-14(5-7-15)19-13-33(32-28-19)11-10-26-21-20(30-35-31-21)22(29-34)27-16-8-9-18(25)17(24)12-16/h4-9,12-13,34H,10-11H2,1-3H3,(H,26,31)(H,27,29). The summed E-state index contributed by atoms with van der Waals surface area (Å²) >= 11 is 3.12. The zero-order valence-electron chi connectivity index (χ0n) is 19.3. The molecule has 4 aromatic rings. The lowest BCUT2D eigenvalue weighted by Gasteiger charge is -2.18. The number of rotatable bonds is 7. The summed E-state index contributed by atoms with van der Waals surface area (Å²) in [4.78, 5) is 0. The summed E-state index contributed by atoms with van der Waals surface area (Å²) in [6.45, 7) is 7.44. The minimum Gasteiger partial charge on any atom is -0.409 e. The second-order valence-corrected chi connectivity index (χ2v) is 9.64. The molecule has 2 aromatic carbocycles. The molecule has 0 amide bonds. The molecule has 10 nitrogen and oxygen atoms in total. The van der Waals surface area contributed by atoms with Gasteiger partial charge in [-0.3, -0.25) is 4.68 Å². The molecule has 0 unspecified atom stereocenters. The molecular weight excluding hydrogens is 519 g/mol. The number of hydrogen-bond acceptors (Lipinski definition) is 8. The van der Waals surface area contributed by atoms with Gasteiger partial charge < -0.3 is 15.8 Å².